The summed E-state index contributed by atoms with van der Waals surface area (Å²) in [4.78, 5) is 39.1. The van der Waals surface area contributed by atoms with Crippen molar-refractivity contribution < 1.29 is 39.5 Å². The molecule has 1 aliphatic rings. The molecule has 0 saturated carbocycles. The molecule has 150 valence electrons. The second kappa shape index (κ2) is 7.89. The first-order valence-corrected chi connectivity index (χ1v) is 9.04. The van der Waals surface area contributed by atoms with Crippen LogP contribution < -0.4 is 10.4 Å². The number of aromatic carboxylic acids is 2. The third-order valence-electron chi connectivity index (χ3n) is 4.34. The summed E-state index contributed by atoms with van der Waals surface area (Å²) in [6, 6.07) is 2.17. The number of ketones is 1. The average Bonchev–Trinajstić information content (AvgIpc) is 3.07. The molecule has 0 radical (unpaired) electrons. The van der Waals surface area contributed by atoms with Crippen molar-refractivity contribution >= 4 is 47.0 Å². The first kappa shape index (κ1) is 20.3. The van der Waals surface area contributed by atoms with Gasteiger partial charge in [-0.2, -0.15) is 0 Å². The highest BCUT2D eigenvalue weighted by Crippen LogP contribution is 2.37. The van der Waals surface area contributed by atoms with Crippen LogP contribution in [0.2, 0.25) is 5.82 Å². The van der Waals surface area contributed by atoms with Gasteiger partial charge in [0.05, 0.1) is 5.56 Å². The van der Waals surface area contributed by atoms with E-state index >= 15 is 0 Å². The van der Waals surface area contributed by atoms with Crippen LogP contribution in [0.25, 0.3) is 0 Å². The van der Waals surface area contributed by atoms with Gasteiger partial charge in [-0.25, -0.2) is 14.6 Å². The van der Waals surface area contributed by atoms with E-state index in [1.165, 1.54) is 11.4 Å². The monoisotopic (exact) mass is 419 g/mol. The number of anilines is 1. The number of nitrogen functional groups attached to an aromatic ring is 1. The van der Waals surface area contributed by atoms with Gasteiger partial charge in [0.25, 0.3) is 0 Å². The molecule has 1 atom stereocenters. The van der Waals surface area contributed by atoms with Crippen molar-refractivity contribution in [3.05, 3.63) is 39.9 Å². The van der Waals surface area contributed by atoms with Crippen LogP contribution in [0.3, 0.4) is 0 Å². The van der Waals surface area contributed by atoms with Gasteiger partial charge in [0.1, 0.15) is 17.0 Å². The maximum absolute atomic E-state index is 12.5. The Kier molecular flexibility index (Phi) is 5.52. The van der Waals surface area contributed by atoms with Crippen LogP contribution in [0.4, 0.5) is 5.13 Å². The molecule has 1 aromatic carbocycles. The summed E-state index contributed by atoms with van der Waals surface area (Å²) in [5.74, 6) is -4.39. The minimum absolute atomic E-state index is 0.0262. The van der Waals surface area contributed by atoms with E-state index in [0.29, 0.717) is 0 Å². The molecule has 3 rings (SSSR count). The zero-order valence-electron chi connectivity index (χ0n) is 14.6. The fourth-order valence-corrected chi connectivity index (χ4v) is 3.56. The second-order valence-corrected chi connectivity index (χ2v) is 7.13. The summed E-state index contributed by atoms with van der Waals surface area (Å²) in [5, 5.41) is 42.5. The number of Topliss-reactive ketones (excluding diaryl/α,β-unsaturated/α-hetero) is 1. The van der Waals surface area contributed by atoms with Gasteiger partial charge in [-0.3, -0.25) is 4.79 Å². The lowest BCUT2D eigenvalue weighted by Gasteiger charge is -2.28. The quantitative estimate of drug-likeness (QED) is 0.193. The van der Waals surface area contributed by atoms with Crippen molar-refractivity contribution in [2.24, 2.45) is 5.16 Å². The minimum atomic E-state index is -1.53. The Morgan fingerprint density at radius 3 is 2.59 bits per heavy atom. The molecule has 0 unspecified atom stereocenters. The number of benzene rings is 1. The number of rotatable bonds is 6. The first-order valence-electron chi connectivity index (χ1n) is 8.16. The molecule has 0 bridgehead atoms. The normalized spacial score (nSPS) is 16.1. The van der Waals surface area contributed by atoms with Crippen LogP contribution >= 0.6 is 11.3 Å². The Labute approximate surface area is 167 Å². The molecule has 0 amide bonds. The summed E-state index contributed by atoms with van der Waals surface area (Å²) in [7, 11) is -1.53. The number of carbonyl (C=O) groups is 3. The lowest BCUT2D eigenvalue weighted by Crippen LogP contribution is -2.37. The molecule has 1 aromatic heterocycles. The second-order valence-electron chi connectivity index (χ2n) is 6.24. The third-order valence-corrected chi connectivity index (χ3v) is 5.02. The SMILES string of the molecule is Nc1nc(/C(=N/O)C(=O)C[C@H]2Cc3cc(C(=O)O)cc(C(=O)O)c3OB2O)cs1. The smallest absolute Gasteiger partial charge is 0.526 e. The number of carbonyl (C=O) groups excluding carboxylic acids is 1. The highest BCUT2D eigenvalue weighted by atomic mass is 32.1. The van der Waals surface area contributed by atoms with Gasteiger partial charge < -0.3 is 30.8 Å². The van der Waals surface area contributed by atoms with E-state index in [2.05, 4.69) is 10.1 Å². The summed E-state index contributed by atoms with van der Waals surface area (Å²) in [5.41, 5.74) is 4.80. The Hall–Kier alpha value is -3.45. The summed E-state index contributed by atoms with van der Waals surface area (Å²) in [6.45, 7) is 0. The lowest BCUT2D eigenvalue weighted by molar-refractivity contribution is -0.113. The molecular formula is C16H14BN3O8S. The van der Waals surface area contributed by atoms with Gasteiger partial charge >= 0.3 is 19.1 Å². The van der Waals surface area contributed by atoms with E-state index in [9.17, 15) is 34.8 Å². The van der Waals surface area contributed by atoms with Crippen LogP contribution in [0.15, 0.2) is 22.7 Å². The highest BCUT2D eigenvalue weighted by molar-refractivity contribution is 7.13. The van der Waals surface area contributed by atoms with Crippen LogP contribution in [0.5, 0.6) is 5.75 Å². The van der Waals surface area contributed by atoms with Crippen molar-refractivity contribution in [3.8, 4) is 5.75 Å². The van der Waals surface area contributed by atoms with Gasteiger partial charge in [-0.05, 0) is 24.1 Å². The van der Waals surface area contributed by atoms with E-state index in [1.807, 2.05) is 0 Å². The molecule has 6 N–H and O–H groups in total. The van der Waals surface area contributed by atoms with Gasteiger partial charge in [-0.15, -0.1) is 11.3 Å². The van der Waals surface area contributed by atoms with E-state index < -0.39 is 36.2 Å². The molecule has 2 heterocycles. The number of carboxylic acids is 2. The lowest BCUT2D eigenvalue weighted by atomic mass is 9.64. The number of fused-ring (bicyclic) bond motifs is 1. The Balaban J connectivity index is 1.88. The summed E-state index contributed by atoms with van der Waals surface area (Å²) >= 11 is 1.05. The maximum Gasteiger partial charge on any atom is 0.526 e. The van der Waals surface area contributed by atoms with Crippen molar-refractivity contribution in [2.45, 2.75) is 18.7 Å². The van der Waals surface area contributed by atoms with E-state index in [-0.39, 0.29) is 46.3 Å². The molecule has 0 fully saturated rings. The fourth-order valence-electron chi connectivity index (χ4n) is 3.02. The van der Waals surface area contributed by atoms with Crippen molar-refractivity contribution in [3.63, 3.8) is 0 Å². The highest BCUT2D eigenvalue weighted by Gasteiger charge is 2.39. The molecule has 2 aromatic rings. The standard InChI is InChI=1S/C16H14BN3O8S/c18-16-19-10(5-29-16)12(20-27)11(21)4-8-2-6-1-7(14(22)23)3-9(15(24)25)13(6)28-17(8)26/h1,3,5,8,26-27H,2,4H2,(H2,18,19)(H,22,23)(H,24,25)/b20-12-/t8-/m1/s1. The molecular weight excluding hydrogens is 405 g/mol. The number of aromatic nitrogens is 1. The number of hydrogen-bond acceptors (Lipinski definition) is 10. The Morgan fingerprint density at radius 2 is 2.03 bits per heavy atom. The summed E-state index contributed by atoms with van der Waals surface area (Å²) < 4.78 is 5.29. The Morgan fingerprint density at radius 1 is 1.31 bits per heavy atom. The van der Waals surface area contributed by atoms with Crippen LogP contribution in [-0.4, -0.2) is 56.0 Å². The number of nitrogens with zero attached hydrogens (tertiary/aromatic N) is 2. The zero-order chi connectivity index (χ0) is 21.3. The van der Waals surface area contributed by atoms with Crippen molar-refractivity contribution in [2.75, 3.05) is 5.73 Å². The molecule has 13 heteroatoms. The molecule has 0 saturated heterocycles. The largest absolute Gasteiger partial charge is 0.535 e. The average molecular weight is 419 g/mol. The van der Waals surface area contributed by atoms with Crippen LogP contribution in [0.1, 0.15) is 38.4 Å². The number of carboxylic acid groups (broad SMARTS) is 2. The van der Waals surface area contributed by atoms with Crippen molar-refractivity contribution in [1.82, 2.24) is 4.98 Å². The van der Waals surface area contributed by atoms with Gasteiger partial charge in [0, 0.05) is 17.6 Å². The minimum Gasteiger partial charge on any atom is -0.535 e. The zero-order valence-corrected chi connectivity index (χ0v) is 15.4. The molecule has 11 nitrogen and oxygen atoms in total. The fraction of sp³-hybridized carbons (Fsp3) is 0.188. The number of nitrogens with two attached hydrogens (primary N) is 1. The summed E-state index contributed by atoms with van der Waals surface area (Å²) in [6.07, 6.45) is -0.349. The molecule has 29 heavy (non-hydrogen) atoms. The van der Waals surface area contributed by atoms with Crippen LogP contribution in [0, 0.1) is 0 Å². The van der Waals surface area contributed by atoms with E-state index in [1.54, 1.807) is 0 Å². The van der Waals surface area contributed by atoms with E-state index in [0.717, 1.165) is 17.4 Å². The van der Waals surface area contributed by atoms with Gasteiger partial charge in [0.2, 0.25) is 0 Å². The predicted octanol–water partition coefficient (Wildman–Crippen LogP) is 0.745. The number of thiazole rings is 1. The third kappa shape index (κ3) is 4.05. The van der Waals surface area contributed by atoms with E-state index in [4.69, 9.17) is 10.4 Å². The van der Waals surface area contributed by atoms with Crippen molar-refractivity contribution in [1.29, 1.82) is 0 Å². The molecule has 0 spiro atoms. The number of oxime groups is 1. The predicted molar refractivity (Wildman–Crippen MR) is 101 cm³/mol. The molecule has 1 aliphatic heterocycles. The van der Waals surface area contributed by atoms with Gasteiger partial charge in [0.15, 0.2) is 16.6 Å². The topological polar surface area (TPSA) is 193 Å². The van der Waals surface area contributed by atoms with Gasteiger partial charge in [-0.1, -0.05) is 5.16 Å². The Bertz CT molecular complexity index is 1040. The molecule has 0 aliphatic carbocycles. The number of hydrogen-bond donors (Lipinski definition) is 5. The maximum atomic E-state index is 12.5. The van der Waals surface area contributed by atoms with Crippen LogP contribution in [-0.2, 0) is 11.2 Å². The first-order chi connectivity index (χ1) is 13.7.